The number of halogens is 1. The molecular formula is C11H14FNO2S. The standard InChI is InChI=1S/C11H14FNO2S/c1-16(14,15)9-5-6-10(12)11(7-9)13-8-3-2-4-8/h5-8,13H,2-4H2,1H3. The van der Waals surface area contributed by atoms with Gasteiger partial charge in [-0.15, -0.1) is 0 Å². The van der Waals surface area contributed by atoms with Crippen LogP contribution in [0.2, 0.25) is 0 Å². The molecule has 1 fully saturated rings. The van der Waals surface area contributed by atoms with E-state index in [0.29, 0.717) is 0 Å². The molecule has 1 aromatic carbocycles. The van der Waals surface area contributed by atoms with Crippen LogP contribution >= 0.6 is 0 Å². The Hall–Kier alpha value is -1.10. The van der Waals surface area contributed by atoms with Gasteiger partial charge in [-0.1, -0.05) is 0 Å². The zero-order chi connectivity index (χ0) is 11.8. The summed E-state index contributed by atoms with van der Waals surface area (Å²) < 4.78 is 36.1. The zero-order valence-electron chi connectivity index (χ0n) is 9.03. The van der Waals surface area contributed by atoms with E-state index >= 15 is 0 Å². The number of nitrogens with one attached hydrogen (secondary N) is 1. The van der Waals surface area contributed by atoms with Crippen LogP contribution < -0.4 is 5.32 Å². The Morgan fingerprint density at radius 3 is 2.56 bits per heavy atom. The van der Waals surface area contributed by atoms with Crippen molar-refractivity contribution < 1.29 is 12.8 Å². The van der Waals surface area contributed by atoms with Crippen LogP contribution in [0.3, 0.4) is 0 Å². The van der Waals surface area contributed by atoms with Gasteiger partial charge < -0.3 is 5.32 Å². The van der Waals surface area contributed by atoms with E-state index in [2.05, 4.69) is 5.32 Å². The molecule has 3 nitrogen and oxygen atoms in total. The van der Waals surface area contributed by atoms with Gasteiger partial charge in [0.2, 0.25) is 0 Å². The first kappa shape index (κ1) is 11.4. The highest BCUT2D eigenvalue weighted by Gasteiger charge is 2.19. The van der Waals surface area contributed by atoms with E-state index in [0.717, 1.165) is 25.5 Å². The molecule has 1 aliphatic carbocycles. The number of rotatable bonds is 3. The summed E-state index contributed by atoms with van der Waals surface area (Å²) in [5, 5.41) is 3.02. The van der Waals surface area contributed by atoms with Gasteiger partial charge in [-0.3, -0.25) is 0 Å². The Labute approximate surface area is 94.6 Å². The quantitative estimate of drug-likeness (QED) is 0.828. The van der Waals surface area contributed by atoms with Crippen molar-refractivity contribution in [3.05, 3.63) is 24.0 Å². The van der Waals surface area contributed by atoms with E-state index in [9.17, 15) is 12.8 Å². The van der Waals surface area contributed by atoms with Gasteiger partial charge in [-0.05, 0) is 37.5 Å². The molecule has 1 saturated carbocycles. The summed E-state index contributed by atoms with van der Waals surface area (Å²) >= 11 is 0. The normalized spacial score (nSPS) is 16.9. The molecule has 2 rings (SSSR count). The predicted molar refractivity (Wildman–Crippen MR) is 60.8 cm³/mol. The third kappa shape index (κ3) is 2.35. The minimum atomic E-state index is -3.27. The van der Waals surface area contributed by atoms with Crippen molar-refractivity contribution in [2.45, 2.75) is 30.2 Å². The molecule has 1 N–H and O–H groups in total. The SMILES string of the molecule is CS(=O)(=O)c1ccc(F)c(NC2CCC2)c1. The molecule has 1 aromatic rings. The van der Waals surface area contributed by atoms with Crippen LogP contribution in [0.25, 0.3) is 0 Å². The summed E-state index contributed by atoms with van der Waals surface area (Å²) in [6.45, 7) is 0. The molecule has 0 radical (unpaired) electrons. The van der Waals surface area contributed by atoms with Crippen LogP contribution in [-0.4, -0.2) is 20.7 Å². The topological polar surface area (TPSA) is 46.2 Å². The zero-order valence-corrected chi connectivity index (χ0v) is 9.85. The Kier molecular flexibility index (Phi) is 2.88. The first-order valence-corrected chi connectivity index (χ1v) is 7.12. The highest BCUT2D eigenvalue weighted by molar-refractivity contribution is 7.90. The van der Waals surface area contributed by atoms with Crippen LogP contribution in [0.1, 0.15) is 19.3 Å². The highest BCUT2D eigenvalue weighted by Crippen LogP contribution is 2.26. The Bertz CT molecular complexity index is 495. The van der Waals surface area contributed by atoms with Crippen LogP contribution in [0.5, 0.6) is 0 Å². The van der Waals surface area contributed by atoms with Gasteiger partial charge in [0, 0.05) is 12.3 Å². The maximum absolute atomic E-state index is 13.4. The second-order valence-corrected chi connectivity index (χ2v) is 6.20. The largest absolute Gasteiger partial charge is 0.380 e. The van der Waals surface area contributed by atoms with Gasteiger partial charge in [0.05, 0.1) is 10.6 Å². The van der Waals surface area contributed by atoms with Gasteiger partial charge in [0.15, 0.2) is 9.84 Å². The molecule has 0 aromatic heterocycles. The monoisotopic (exact) mass is 243 g/mol. The molecule has 0 unspecified atom stereocenters. The molecule has 1 aliphatic rings. The first-order valence-electron chi connectivity index (χ1n) is 5.23. The number of anilines is 1. The molecule has 16 heavy (non-hydrogen) atoms. The molecular weight excluding hydrogens is 229 g/mol. The van der Waals surface area contributed by atoms with Crippen LogP contribution in [0.4, 0.5) is 10.1 Å². The van der Waals surface area contributed by atoms with E-state index in [1.165, 1.54) is 18.2 Å². The van der Waals surface area contributed by atoms with Gasteiger partial charge in [0.1, 0.15) is 5.82 Å². The van der Waals surface area contributed by atoms with E-state index in [-0.39, 0.29) is 16.6 Å². The summed E-state index contributed by atoms with van der Waals surface area (Å²) in [7, 11) is -3.27. The smallest absolute Gasteiger partial charge is 0.175 e. The highest BCUT2D eigenvalue weighted by atomic mass is 32.2. The summed E-state index contributed by atoms with van der Waals surface area (Å²) in [5.74, 6) is -0.403. The Balaban J connectivity index is 2.28. The molecule has 0 saturated heterocycles. The second-order valence-electron chi connectivity index (χ2n) is 4.19. The molecule has 0 atom stereocenters. The molecule has 0 spiro atoms. The summed E-state index contributed by atoms with van der Waals surface area (Å²) in [5.41, 5.74) is 0.285. The third-order valence-electron chi connectivity index (χ3n) is 2.83. The van der Waals surface area contributed by atoms with E-state index in [4.69, 9.17) is 0 Å². The minimum absolute atomic E-state index is 0.149. The van der Waals surface area contributed by atoms with Gasteiger partial charge in [-0.2, -0.15) is 0 Å². The fourth-order valence-corrected chi connectivity index (χ4v) is 2.27. The van der Waals surface area contributed by atoms with E-state index < -0.39 is 15.7 Å². The van der Waals surface area contributed by atoms with Gasteiger partial charge in [-0.25, -0.2) is 12.8 Å². The lowest BCUT2D eigenvalue weighted by Crippen LogP contribution is -2.27. The van der Waals surface area contributed by atoms with Crippen molar-refractivity contribution in [1.82, 2.24) is 0 Å². The third-order valence-corrected chi connectivity index (χ3v) is 3.94. The first-order chi connectivity index (χ1) is 7.47. The fraction of sp³-hybridized carbons (Fsp3) is 0.455. The van der Waals surface area contributed by atoms with Gasteiger partial charge in [0.25, 0.3) is 0 Å². The van der Waals surface area contributed by atoms with Crippen LogP contribution in [-0.2, 0) is 9.84 Å². The predicted octanol–water partition coefficient (Wildman–Crippen LogP) is 2.19. The average molecular weight is 243 g/mol. The lowest BCUT2D eigenvalue weighted by molar-refractivity contribution is 0.443. The number of sulfone groups is 1. The average Bonchev–Trinajstić information content (AvgIpc) is 2.11. The maximum atomic E-state index is 13.4. The Morgan fingerprint density at radius 1 is 1.38 bits per heavy atom. The summed E-state index contributed by atoms with van der Waals surface area (Å²) in [6.07, 6.45) is 4.30. The maximum Gasteiger partial charge on any atom is 0.175 e. The van der Waals surface area contributed by atoms with Crippen LogP contribution in [0.15, 0.2) is 23.1 Å². The molecule has 0 heterocycles. The number of hydrogen-bond acceptors (Lipinski definition) is 3. The summed E-state index contributed by atoms with van der Waals surface area (Å²) in [4.78, 5) is 0.149. The fourth-order valence-electron chi connectivity index (χ4n) is 1.62. The van der Waals surface area contributed by atoms with Crippen LogP contribution in [0, 0.1) is 5.82 Å². The second kappa shape index (κ2) is 4.05. The van der Waals surface area contributed by atoms with E-state index in [1.807, 2.05) is 0 Å². The molecule has 0 amide bonds. The number of hydrogen-bond donors (Lipinski definition) is 1. The molecule has 0 aliphatic heterocycles. The van der Waals surface area contributed by atoms with E-state index in [1.54, 1.807) is 0 Å². The molecule has 5 heteroatoms. The number of benzene rings is 1. The van der Waals surface area contributed by atoms with Crippen molar-refractivity contribution >= 4 is 15.5 Å². The lowest BCUT2D eigenvalue weighted by Gasteiger charge is -2.27. The van der Waals surface area contributed by atoms with Crippen molar-refractivity contribution in [3.8, 4) is 0 Å². The molecule has 0 bridgehead atoms. The van der Waals surface area contributed by atoms with Crippen molar-refractivity contribution in [2.24, 2.45) is 0 Å². The minimum Gasteiger partial charge on any atom is -0.380 e. The summed E-state index contributed by atoms with van der Waals surface area (Å²) in [6, 6.07) is 4.13. The van der Waals surface area contributed by atoms with Crippen molar-refractivity contribution in [3.63, 3.8) is 0 Å². The molecule has 88 valence electrons. The lowest BCUT2D eigenvalue weighted by atomic mass is 9.93. The Morgan fingerprint density at radius 2 is 2.06 bits per heavy atom. The van der Waals surface area contributed by atoms with Crippen molar-refractivity contribution in [1.29, 1.82) is 0 Å². The van der Waals surface area contributed by atoms with Gasteiger partial charge >= 0.3 is 0 Å². The van der Waals surface area contributed by atoms with Crippen molar-refractivity contribution in [2.75, 3.05) is 11.6 Å².